The number of benzene rings is 4. The first-order chi connectivity index (χ1) is 26.2. The molecule has 4 aliphatic rings. The van der Waals surface area contributed by atoms with Crippen LogP contribution in [0.1, 0.15) is 72.3 Å². The number of nitrogens with zero attached hydrogens (tertiary/aromatic N) is 2. The number of rotatable bonds is 8. The maximum absolute atomic E-state index is 14.7. The van der Waals surface area contributed by atoms with Crippen LogP contribution in [0.5, 0.6) is 11.6 Å². The van der Waals surface area contributed by atoms with Gasteiger partial charge in [-0.15, -0.1) is 0 Å². The van der Waals surface area contributed by atoms with Crippen LogP contribution in [0, 0.1) is 11.8 Å². The van der Waals surface area contributed by atoms with Gasteiger partial charge in [-0.3, -0.25) is 14.5 Å². The van der Waals surface area contributed by atoms with E-state index in [2.05, 4.69) is 34.3 Å². The number of aliphatic hydroxyl groups excluding tert-OH is 1. The van der Waals surface area contributed by atoms with Crippen molar-refractivity contribution in [2.45, 2.75) is 57.2 Å². The maximum Gasteiger partial charge on any atom is 0.265 e. The number of aromatic nitrogens is 1. The number of ketones is 2. The van der Waals surface area contributed by atoms with Gasteiger partial charge < -0.3 is 29.9 Å². The highest BCUT2D eigenvalue weighted by atomic mass is 35.5. The minimum absolute atomic E-state index is 0.0468. The molecular weight excluding hydrogens is 706 g/mol. The monoisotopic (exact) mass is 743 g/mol. The van der Waals surface area contributed by atoms with Gasteiger partial charge in [0.2, 0.25) is 5.78 Å². The van der Waals surface area contributed by atoms with Gasteiger partial charge in [0, 0.05) is 36.1 Å². The highest BCUT2D eigenvalue weighted by Gasteiger charge is 2.63. The van der Waals surface area contributed by atoms with Crippen LogP contribution < -0.4 is 15.2 Å². The van der Waals surface area contributed by atoms with Crippen molar-refractivity contribution in [2.24, 2.45) is 17.6 Å². The summed E-state index contributed by atoms with van der Waals surface area (Å²) in [6.07, 6.45) is 1.29. The molecule has 11 heteroatoms. The van der Waals surface area contributed by atoms with Gasteiger partial charge >= 0.3 is 0 Å². The summed E-state index contributed by atoms with van der Waals surface area (Å²) in [7, 11) is 0. The number of allylic oxidation sites excluding steroid dienone is 1. The fraction of sp³-hybridized carbons (Fsp3) is 0.279. The van der Waals surface area contributed by atoms with Crippen molar-refractivity contribution in [3.63, 3.8) is 0 Å². The lowest BCUT2D eigenvalue weighted by Crippen LogP contribution is -2.58. The molecule has 4 aromatic carbocycles. The average molecular weight is 744 g/mol. The Kier molecular flexibility index (Phi) is 8.66. The zero-order valence-electron chi connectivity index (χ0n) is 29.3. The first-order valence-corrected chi connectivity index (χ1v) is 18.6. The molecule has 4 N–H and O–H groups in total. The summed E-state index contributed by atoms with van der Waals surface area (Å²) in [6, 6.07) is 28.1. The molecule has 0 spiro atoms. The summed E-state index contributed by atoms with van der Waals surface area (Å²) in [6.45, 7) is 2.42. The summed E-state index contributed by atoms with van der Waals surface area (Å²) in [5, 5.41) is 28.7. The molecule has 10 nitrogen and oxygen atoms in total. The number of fused-ring (bicyclic) bond motifs is 5. The number of ether oxygens (including phenoxy) is 2. The number of hydrogen-bond acceptors (Lipinski definition) is 10. The highest BCUT2D eigenvalue weighted by Crippen LogP contribution is 2.55. The third kappa shape index (κ3) is 5.63. The van der Waals surface area contributed by atoms with E-state index in [9.17, 15) is 19.8 Å². The minimum atomic E-state index is -2.51. The molecule has 1 aromatic heterocycles. The van der Waals surface area contributed by atoms with E-state index in [-0.39, 0.29) is 54.4 Å². The molecule has 54 heavy (non-hydrogen) atoms. The Bertz CT molecular complexity index is 2320. The SMILES string of the molecule is N[C@@H]1c2onc(OCc3ccccc3)c2C(=O)[C@@]2(O)C(O)=C3C(=O)c4c(OCc5ccccc5)cc(CN5CCc6ccccc6C5)c(Cl)c4C[C@H]3C[C@@H]12. The van der Waals surface area contributed by atoms with Gasteiger partial charge in [0.1, 0.15) is 30.3 Å². The van der Waals surface area contributed by atoms with Crippen LogP contribution in [0.15, 0.2) is 107 Å². The highest BCUT2D eigenvalue weighted by molar-refractivity contribution is 6.33. The van der Waals surface area contributed by atoms with E-state index < -0.39 is 40.8 Å². The Balaban J connectivity index is 1.09. The number of carbonyl (C=O) groups excluding carboxylic acids is 2. The van der Waals surface area contributed by atoms with Crippen LogP contribution in [-0.2, 0) is 39.1 Å². The average Bonchev–Trinajstić information content (AvgIpc) is 3.63. The lowest BCUT2D eigenvalue weighted by atomic mass is 9.59. The van der Waals surface area contributed by atoms with E-state index >= 15 is 0 Å². The van der Waals surface area contributed by atoms with Gasteiger partial charge in [0.25, 0.3) is 5.88 Å². The van der Waals surface area contributed by atoms with E-state index in [0.717, 1.165) is 36.2 Å². The third-order valence-electron chi connectivity index (χ3n) is 11.5. The molecule has 0 bridgehead atoms. The van der Waals surface area contributed by atoms with E-state index in [0.29, 0.717) is 22.9 Å². The Hall–Kier alpha value is -5.26. The van der Waals surface area contributed by atoms with Crippen LogP contribution in [-0.4, -0.2) is 44.0 Å². The maximum atomic E-state index is 14.7. The molecular formula is C43H38ClN3O7. The number of hydrogen-bond donors (Lipinski definition) is 3. The Morgan fingerprint density at radius 1 is 0.926 bits per heavy atom. The lowest BCUT2D eigenvalue weighted by Gasteiger charge is -2.47. The van der Waals surface area contributed by atoms with Crippen molar-refractivity contribution in [1.29, 1.82) is 0 Å². The predicted molar refractivity (Wildman–Crippen MR) is 199 cm³/mol. The number of halogens is 1. The molecule has 9 rings (SSSR count). The van der Waals surface area contributed by atoms with E-state index in [1.165, 1.54) is 11.1 Å². The smallest absolute Gasteiger partial charge is 0.265 e. The molecule has 2 heterocycles. The van der Waals surface area contributed by atoms with E-state index in [1.54, 1.807) is 0 Å². The summed E-state index contributed by atoms with van der Waals surface area (Å²) in [5.41, 5.74) is 10.0. The number of nitrogens with two attached hydrogens (primary N) is 1. The Labute approximate surface area is 316 Å². The number of aliphatic hydroxyl groups is 2. The summed E-state index contributed by atoms with van der Waals surface area (Å²) in [4.78, 5) is 31.4. The fourth-order valence-electron chi connectivity index (χ4n) is 8.71. The fourth-order valence-corrected chi connectivity index (χ4v) is 9.00. The molecule has 0 amide bonds. The molecule has 4 atom stereocenters. The lowest BCUT2D eigenvalue weighted by molar-refractivity contribution is -0.0356. The second kappa shape index (κ2) is 13.5. The van der Waals surface area contributed by atoms with Crippen LogP contribution in [0.3, 0.4) is 0 Å². The zero-order chi connectivity index (χ0) is 37.1. The van der Waals surface area contributed by atoms with Crippen LogP contribution in [0.4, 0.5) is 0 Å². The summed E-state index contributed by atoms with van der Waals surface area (Å²) < 4.78 is 17.9. The van der Waals surface area contributed by atoms with Crippen LogP contribution in [0.2, 0.25) is 5.02 Å². The van der Waals surface area contributed by atoms with Crippen molar-refractivity contribution < 1.29 is 33.8 Å². The van der Waals surface area contributed by atoms with Gasteiger partial charge in [-0.1, -0.05) is 96.5 Å². The van der Waals surface area contributed by atoms with Gasteiger partial charge in [-0.2, -0.15) is 0 Å². The van der Waals surface area contributed by atoms with Crippen LogP contribution in [0.25, 0.3) is 0 Å². The van der Waals surface area contributed by atoms with Crippen molar-refractivity contribution in [3.8, 4) is 11.6 Å². The molecule has 0 unspecified atom stereocenters. The van der Waals surface area contributed by atoms with Crippen molar-refractivity contribution in [3.05, 3.63) is 158 Å². The topological polar surface area (TPSA) is 148 Å². The predicted octanol–water partition coefficient (Wildman–Crippen LogP) is 6.86. The number of carbonyl (C=O) groups is 2. The van der Waals surface area contributed by atoms with Crippen molar-refractivity contribution in [1.82, 2.24) is 10.1 Å². The largest absolute Gasteiger partial charge is 0.508 e. The molecule has 274 valence electrons. The first kappa shape index (κ1) is 34.5. The first-order valence-electron chi connectivity index (χ1n) is 18.2. The normalized spacial score (nSPS) is 23.2. The van der Waals surface area contributed by atoms with Gasteiger partial charge in [0.15, 0.2) is 17.1 Å². The van der Waals surface area contributed by atoms with Crippen molar-refractivity contribution in [2.75, 3.05) is 6.54 Å². The van der Waals surface area contributed by atoms with Crippen molar-refractivity contribution >= 4 is 23.2 Å². The van der Waals surface area contributed by atoms with Gasteiger partial charge in [-0.05, 0) is 69.8 Å². The second-order valence-electron chi connectivity index (χ2n) is 14.7. The van der Waals surface area contributed by atoms with Crippen LogP contribution >= 0.6 is 11.6 Å². The standard InChI is InChI=1S/C43H38ClN3O7/c44-36-29(21-47-16-15-26-13-7-8-14-27(26)20-47)19-32(52-22-24-9-3-1-4-10-24)34-30(36)17-28-18-31-37(45)39-35(41(50)43(31,51)40(49)33(28)38(34)48)42(46-54-39)53-23-25-11-5-2-6-12-25/h1-14,19,28,31,37,49,51H,15-18,20-23,45H2/t28-,31-,37-,43-/m0/s1. The quantitative estimate of drug-likeness (QED) is 0.154. The molecule has 5 aromatic rings. The molecule has 3 aliphatic carbocycles. The number of Topliss-reactive ketones (excluding diaryl/α,β-unsaturated/α-hetero) is 2. The van der Waals surface area contributed by atoms with Gasteiger partial charge in [-0.25, -0.2) is 0 Å². The molecule has 0 radical (unpaired) electrons. The van der Waals surface area contributed by atoms with E-state index in [4.69, 9.17) is 31.3 Å². The minimum Gasteiger partial charge on any atom is -0.508 e. The van der Waals surface area contributed by atoms with Gasteiger partial charge in [0.05, 0.1) is 11.6 Å². The third-order valence-corrected chi connectivity index (χ3v) is 11.9. The molecule has 0 saturated heterocycles. The molecule has 1 aliphatic heterocycles. The van der Waals surface area contributed by atoms with E-state index in [1.807, 2.05) is 66.7 Å². The Morgan fingerprint density at radius 2 is 1.59 bits per heavy atom. The second-order valence-corrected chi connectivity index (χ2v) is 15.0. The molecule has 0 saturated carbocycles. The zero-order valence-corrected chi connectivity index (χ0v) is 30.1. The molecule has 0 fully saturated rings. The summed E-state index contributed by atoms with van der Waals surface area (Å²) in [5.74, 6) is -3.51. The Morgan fingerprint density at radius 3 is 2.31 bits per heavy atom. The summed E-state index contributed by atoms with van der Waals surface area (Å²) >= 11 is 7.25.